The van der Waals surface area contributed by atoms with E-state index >= 15 is 0 Å². The van der Waals surface area contributed by atoms with E-state index in [2.05, 4.69) is 20.0 Å². The van der Waals surface area contributed by atoms with Crippen LogP contribution >= 0.6 is 7.52 Å². The first-order chi connectivity index (χ1) is 16.9. The van der Waals surface area contributed by atoms with Gasteiger partial charge >= 0.3 is 11.9 Å². The molecule has 0 fully saturated rings. The largest absolute Gasteiger partial charge is 0.464 e. The van der Waals surface area contributed by atoms with Crippen molar-refractivity contribution in [2.75, 3.05) is 25.3 Å². The number of fused-ring (bicyclic) bond motifs is 1. The summed E-state index contributed by atoms with van der Waals surface area (Å²) in [5.74, 6) is -1.03. The van der Waals surface area contributed by atoms with Crippen LogP contribution in [0.15, 0.2) is 12.7 Å². The normalized spacial score (nSPS) is 14.5. The average Bonchev–Trinajstić information content (AvgIpc) is 3.20. The van der Waals surface area contributed by atoms with Crippen molar-refractivity contribution in [2.24, 2.45) is 0 Å². The van der Waals surface area contributed by atoms with Gasteiger partial charge < -0.3 is 29.0 Å². The second-order valence-corrected chi connectivity index (χ2v) is 11.2. The zero-order valence-electron chi connectivity index (χ0n) is 21.7. The lowest BCUT2D eigenvalue weighted by Gasteiger charge is -2.30. The van der Waals surface area contributed by atoms with Crippen LogP contribution in [0.4, 0.5) is 5.82 Å². The van der Waals surface area contributed by atoms with Crippen LogP contribution in [-0.2, 0) is 39.4 Å². The molecule has 3 N–H and O–H groups in total. The number of nitrogen functional groups attached to an aromatic ring is 1. The van der Waals surface area contributed by atoms with E-state index < -0.39 is 44.1 Å². The quantitative estimate of drug-likeness (QED) is 0.197. The van der Waals surface area contributed by atoms with Gasteiger partial charge in [0, 0.05) is 0 Å². The third kappa shape index (κ3) is 8.81. The average molecular weight is 529 g/mol. The number of imidazole rings is 1. The maximum atomic E-state index is 13.7. The Labute approximate surface area is 210 Å². The van der Waals surface area contributed by atoms with Crippen LogP contribution in [0.5, 0.6) is 0 Å². The lowest BCUT2D eigenvalue weighted by Crippen LogP contribution is -2.47. The number of carbonyl (C=O) groups excluding carboxylic acids is 2. The van der Waals surface area contributed by atoms with Crippen molar-refractivity contribution >= 4 is 36.4 Å². The highest BCUT2D eigenvalue weighted by atomic mass is 31.2. The minimum atomic E-state index is -3.88. The van der Waals surface area contributed by atoms with Crippen molar-refractivity contribution in [2.45, 2.75) is 78.7 Å². The molecule has 2 aromatic rings. The molecule has 0 aromatic carbocycles. The van der Waals surface area contributed by atoms with Gasteiger partial charge in [0.1, 0.15) is 23.7 Å². The number of rotatable bonds is 15. The molecule has 0 saturated heterocycles. The van der Waals surface area contributed by atoms with E-state index in [9.17, 15) is 14.2 Å². The molecule has 0 amide bonds. The Bertz CT molecular complexity index is 1070. The lowest BCUT2D eigenvalue weighted by atomic mass is 10.1. The summed E-state index contributed by atoms with van der Waals surface area (Å²) in [4.78, 5) is 36.9. The van der Waals surface area contributed by atoms with Gasteiger partial charge in [-0.25, -0.2) is 24.8 Å². The highest BCUT2D eigenvalue weighted by Crippen LogP contribution is 2.45. The first-order valence-electron chi connectivity index (χ1n) is 11.8. The van der Waals surface area contributed by atoms with Crippen molar-refractivity contribution in [1.29, 1.82) is 0 Å². The van der Waals surface area contributed by atoms with Crippen LogP contribution in [-0.4, -0.2) is 68.8 Å². The fourth-order valence-corrected chi connectivity index (χ4v) is 5.02. The Hall–Kier alpha value is -2.60. The van der Waals surface area contributed by atoms with E-state index in [1.807, 2.05) is 6.92 Å². The second kappa shape index (κ2) is 13.1. The number of carbonyl (C=O) groups is 2. The number of nitrogens with zero attached hydrogens (tertiary/aromatic N) is 4. The maximum absolute atomic E-state index is 13.7. The molecular formula is C22H37N6O7P. The van der Waals surface area contributed by atoms with Crippen LogP contribution in [0.25, 0.3) is 11.2 Å². The molecule has 2 heterocycles. The maximum Gasteiger partial charge on any atom is 0.332 e. The van der Waals surface area contributed by atoms with E-state index in [0.29, 0.717) is 24.1 Å². The number of nitrogens with one attached hydrogen (secondary N) is 1. The Morgan fingerprint density at radius 2 is 1.94 bits per heavy atom. The molecule has 0 saturated carbocycles. The highest BCUT2D eigenvalue weighted by molar-refractivity contribution is 7.56. The van der Waals surface area contributed by atoms with E-state index in [-0.39, 0.29) is 18.5 Å². The summed E-state index contributed by atoms with van der Waals surface area (Å²) in [5.41, 5.74) is 5.46. The van der Waals surface area contributed by atoms with Crippen molar-refractivity contribution in [3.63, 3.8) is 0 Å². The minimum absolute atomic E-state index is 0.243. The summed E-state index contributed by atoms with van der Waals surface area (Å²) in [6, 6.07) is 0. The van der Waals surface area contributed by atoms with Crippen molar-refractivity contribution < 1.29 is 32.9 Å². The molecule has 1 unspecified atom stereocenters. The standard InChI is InChI=1S/C22H37N6O7P/c1-7-8-9-32-21(30)22(5,6)27-36(31,34-11-17(29)35-15(2)3)14-33-16(4)10-28-13-26-18-19(23)24-12-25-20(18)28/h12-13,15-16H,7-11,14H2,1-6H3,(H,27,31)(H2,23,24,25)/t16-,36?/m1/s1. The molecule has 14 heteroatoms. The summed E-state index contributed by atoms with van der Waals surface area (Å²) in [6.45, 7) is 10.1. The number of hydrogen-bond donors (Lipinski definition) is 2. The van der Waals surface area contributed by atoms with Crippen molar-refractivity contribution in [1.82, 2.24) is 24.6 Å². The predicted octanol–water partition coefficient (Wildman–Crippen LogP) is 2.64. The molecule has 2 rings (SSSR count). The monoisotopic (exact) mass is 528 g/mol. The van der Waals surface area contributed by atoms with E-state index in [0.717, 1.165) is 6.42 Å². The molecule has 2 atom stereocenters. The van der Waals surface area contributed by atoms with Gasteiger partial charge in [0.15, 0.2) is 18.1 Å². The third-order valence-electron chi connectivity index (χ3n) is 4.86. The molecule has 0 aliphatic heterocycles. The van der Waals surface area contributed by atoms with Gasteiger partial charge in [-0.15, -0.1) is 0 Å². The topological polar surface area (TPSA) is 170 Å². The molecule has 0 radical (unpaired) electrons. The number of esters is 2. The molecule has 36 heavy (non-hydrogen) atoms. The van der Waals surface area contributed by atoms with Crippen molar-refractivity contribution in [3.05, 3.63) is 12.7 Å². The SMILES string of the molecule is CCCCOC(=O)C(C)(C)NP(=O)(CO[C@H](C)Cn1cnc2c(N)ncnc21)OCC(=O)OC(C)C. The second-order valence-electron chi connectivity index (χ2n) is 9.15. The fourth-order valence-electron chi connectivity index (χ4n) is 3.10. The predicted molar refractivity (Wildman–Crippen MR) is 133 cm³/mol. The zero-order chi connectivity index (χ0) is 26.9. The molecule has 2 aromatic heterocycles. The number of aromatic nitrogens is 4. The molecule has 0 aliphatic rings. The molecule has 0 bridgehead atoms. The van der Waals surface area contributed by atoms with E-state index in [1.165, 1.54) is 20.2 Å². The summed E-state index contributed by atoms with van der Waals surface area (Å²) in [7, 11) is -3.88. The minimum Gasteiger partial charge on any atom is -0.464 e. The summed E-state index contributed by atoms with van der Waals surface area (Å²) in [5, 5.41) is 2.73. The first-order valence-corrected chi connectivity index (χ1v) is 13.6. The third-order valence-corrected chi connectivity index (χ3v) is 6.80. The Morgan fingerprint density at radius 1 is 1.22 bits per heavy atom. The van der Waals surface area contributed by atoms with Crippen LogP contribution in [0.1, 0.15) is 54.4 Å². The Balaban J connectivity index is 2.10. The number of ether oxygens (including phenoxy) is 3. The number of unbranched alkanes of at least 4 members (excludes halogenated alkanes) is 1. The van der Waals surface area contributed by atoms with Gasteiger partial charge in [-0.3, -0.25) is 9.36 Å². The number of anilines is 1. The van der Waals surface area contributed by atoms with E-state index in [1.54, 1.807) is 31.7 Å². The summed E-state index contributed by atoms with van der Waals surface area (Å²) >= 11 is 0. The van der Waals surface area contributed by atoms with Gasteiger partial charge in [0.05, 0.1) is 31.7 Å². The van der Waals surface area contributed by atoms with Crippen LogP contribution in [0.2, 0.25) is 0 Å². The Kier molecular flexibility index (Phi) is 10.8. The van der Waals surface area contributed by atoms with Gasteiger partial charge in [-0.1, -0.05) is 13.3 Å². The smallest absolute Gasteiger partial charge is 0.332 e. The molecule has 0 aliphatic carbocycles. The van der Waals surface area contributed by atoms with Crippen LogP contribution in [0, 0.1) is 0 Å². The molecule has 202 valence electrons. The van der Waals surface area contributed by atoms with Crippen LogP contribution in [0.3, 0.4) is 0 Å². The number of hydrogen-bond acceptors (Lipinski definition) is 11. The van der Waals surface area contributed by atoms with Gasteiger partial charge in [0.2, 0.25) is 0 Å². The van der Waals surface area contributed by atoms with Crippen LogP contribution < -0.4 is 10.8 Å². The fraction of sp³-hybridized carbons (Fsp3) is 0.682. The van der Waals surface area contributed by atoms with Gasteiger partial charge in [0.25, 0.3) is 7.52 Å². The number of nitrogens with two attached hydrogens (primary N) is 1. The zero-order valence-corrected chi connectivity index (χ0v) is 22.6. The van der Waals surface area contributed by atoms with Gasteiger partial charge in [-0.2, -0.15) is 0 Å². The van der Waals surface area contributed by atoms with Crippen molar-refractivity contribution in [3.8, 4) is 0 Å². The van der Waals surface area contributed by atoms with E-state index in [4.69, 9.17) is 24.5 Å². The summed E-state index contributed by atoms with van der Waals surface area (Å²) in [6.07, 6.45) is 3.21. The highest BCUT2D eigenvalue weighted by Gasteiger charge is 2.39. The molecule has 13 nitrogen and oxygen atoms in total. The molecular weight excluding hydrogens is 491 g/mol. The van der Waals surface area contributed by atoms with Gasteiger partial charge in [-0.05, 0) is 41.0 Å². The lowest BCUT2D eigenvalue weighted by molar-refractivity contribution is -0.149. The Morgan fingerprint density at radius 3 is 2.61 bits per heavy atom. The summed E-state index contributed by atoms with van der Waals surface area (Å²) < 4.78 is 37.0. The molecule has 0 spiro atoms. The first kappa shape index (κ1) is 29.6.